The Labute approximate surface area is 187 Å². The molecule has 1 aliphatic heterocycles. The molecule has 32 heavy (non-hydrogen) atoms. The molecule has 0 bridgehead atoms. The van der Waals surface area contributed by atoms with Crippen LogP contribution in [0, 0.1) is 12.8 Å². The Morgan fingerprint density at radius 3 is 2.69 bits per heavy atom. The second kappa shape index (κ2) is 9.28. The number of aryl methyl sites for hydroxylation is 1. The van der Waals surface area contributed by atoms with Gasteiger partial charge >= 0.3 is 0 Å². The van der Waals surface area contributed by atoms with Crippen LogP contribution in [0.1, 0.15) is 24.0 Å². The Hall–Kier alpha value is -3.58. The minimum atomic E-state index is 0.545. The maximum atomic E-state index is 4.62. The van der Waals surface area contributed by atoms with Gasteiger partial charge in [-0.05, 0) is 74.5 Å². The van der Waals surface area contributed by atoms with E-state index in [1.54, 1.807) is 12.4 Å². The summed E-state index contributed by atoms with van der Waals surface area (Å²) >= 11 is 0. The summed E-state index contributed by atoms with van der Waals surface area (Å²) in [5, 5.41) is 19.5. The molecule has 2 aromatic carbocycles. The zero-order chi connectivity index (χ0) is 21.8. The molecule has 2 aromatic heterocycles. The van der Waals surface area contributed by atoms with E-state index in [9.17, 15) is 0 Å². The van der Waals surface area contributed by atoms with Crippen LogP contribution >= 0.6 is 0 Å². The van der Waals surface area contributed by atoms with Crippen LogP contribution in [-0.2, 0) is 6.42 Å². The van der Waals surface area contributed by atoms with Gasteiger partial charge in [0.25, 0.3) is 0 Å². The summed E-state index contributed by atoms with van der Waals surface area (Å²) in [5.41, 5.74) is 5.20. The quantitative estimate of drug-likeness (QED) is 0.411. The second-order valence-electron chi connectivity index (χ2n) is 8.34. The first-order chi connectivity index (χ1) is 15.7. The molecule has 0 atom stereocenters. The largest absolute Gasteiger partial charge is 0.338 e. The standard InChI is InChI=1S/C25H27N7/c1-17-3-2-4-21-22(16-28-32-24(17)21)30-23-11-14-27-25(31-23)29-20-7-5-18(6-8-20)15-19-9-12-26-13-10-19/h2-8,11,14,16,19,26H,9-10,12-13,15H2,1H3,(H2,27,29,30,31,32). The van der Waals surface area contributed by atoms with Crippen molar-refractivity contribution in [2.24, 2.45) is 5.92 Å². The molecule has 0 radical (unpaired) electrons. The van der Waals surface area contributed by atoms with E-state index in [1.165, 1.54) is 18.4 Å². The van der Waals surface area contributed by atoms with Gasteiger partial charge in [-0.3, -0.25) is 0 Å². The molecular formula is C25H27N7. The van der Waals surface area contributed by atoms with E-state index >= 15 is 0 Å². The first-order valence-electron chi connectivity index (χ1n) is 11.1. The molecule has 4 aromatic rings. The zero-order valence-electron chi connectivity index (χ0n) is 18.2. The van der Waals surface area contributed by atoms with Gasteiger partial charge in [-0.25, -0.2) is 4.98 Å². The number of aromatic nitrogens is 4. The number of hydrogen-bond acceptors (Lipinski definition) is 7. The van der Waals surface area contributed by atoms with Crippen LogP contribution in [0.25, 0.3) is 10.9 Å². The molecular weight excluding hydrogens is 398 g/mol. The number of benzene rings is 2. The fourth-order valence-corrected chi connectivity index (χ4v) is 4.22. The molecule has 0 saturated carbocycles. The molecule has 0 unspecified atom stereocenters. The maximum Gasteiger partial charge on any atom is 0.229 e. The SMILES string of the molecule is Cc1cccc2c(Nc3ccnc(Nc4ccc(CC5CCNCC5)cc4)n3)cnnc12. The number of anilines is 4. The smallest absolute Gasteiger partial charge is 0.229 e. The Kier molecular flexibility index (Phi) is 5.89. The number of piperidine rings is 1. The molecule has 0 aliphatic carbocycles. The molecule has 3 N–H and O–H groups in total. The van der Waals surface area contributed by atoms with Crippen molar-refractivity contribution in [3.05, 3.63) is 72.1 Å². The van der Waals surface area contributed by atoms with Gasteiger partial charge in [0, 0.05) is 17.3 Å². The third-order valence-corrected chi connectivity index (χ3v) is 5.98. The van der Waals surface area contributed by atoms with E-state index in [2.05, 4.69) is 60.4 Å². The molecule has 5 rings (SSSR count). The average molecular weight is 426 g/mol. The van der Waals surface area contributed by atoms with Crippen molar-refractivity contribution in [3.8, 4) is 0 Å². The highest BCUT2D eigenvalue weighted by Gasteiger charge is 2.13. The number of fused-ring (bicyclic) bond motifs is 1. The van der Waals surface area contributed by atoms with Crippen LogP contribution in [0.2, 0.25) is 0 Å². The predicted molar refractivity (Wildman–Crippen MR) is 129 cm³/mol. The molecule has 1 fully saturated rings. The van der Waals surface area contributed by atoms with Crippen molar-refractivity contribution in [1.82, 2.24) is 25.5 Å². The number of hydrogen-bond donors (Lipinski definition) is 3. The van der Waals surface area contributed by atoms with Gasteiger partial charge in [0.2, 0.25) is 5.95 Å². The van der Waals surface area contributed by atoms with Crippen molar-refractivity contribution in [2.45, 2.75) is 26.2 Å². The van der Waals surface area contributed by atoms with Crippen LogP contribution in [0.5, 0.6) is 0 Å². The molecule has 7 nitrogen and oxygen atoms in total. The van der Waals surface area contributed by atoms with Crippen molar-refractivity contribution in [1.29, 1.82) is 0 Å². The van der Waals surface area contributed by atoms with E-state index in [4.69, 9.17) is 0 Å². The summed E-state index contributed by atoms with van der Waals surface area (Å²) in [6, 6.07) is 16.5. The van der Waals surface area contributed by atoms with Crippen LogP contribution in [-0.4, -0.2) is 33.3 Å². The van der Waals surface area contributed by atoms with Crippen molar-refractivity contribution < 1.29 is 0 Å². The summed E-state index contributed by atoms with van der Waals surface area (Å²) in [6.45, 7) is 4.30. The van der Waals surface area contributed by atoms with Gasteiger partial charge in [-0.2, -0.15) is 15.2 Å². The van der Waals surface area contributed by atoms with Gasteiger partial charge in [0.15, 0.2) is 0 Å². The Bertz CT molecular complexity index is 1200. The topological polar surface area (TPSA) is 87.7 Å². The maximum absolute atomic E-state index is 4.62. The highest BCUT2D eigenvalue weighted by Crippen LogP contribution is 2.26. The minimum Gasteiger partial charge on any atom is -0.338 e. The van der Waals surface area contributed by atoms with E-state index < -0.39 is 0 Å². The fourth-order valence-electron chi connectivity index (χ4n) is 4.22. The van der Waals surface area contributed by atoms with Crippen molar-refractivity contribution in [3.63, 3.8) is 0 Å². The third-order valence-electron chi connectivity index (χ3n) is 5.98. The van der Waals surface area contributed by atoms with Crippen molar-refractivity contribution in [2.75, 3.05) is 23.7 Å². The van der Waals surface area contributed by atoms with E-state index in [0.717, 1.165) is 53.3 Å². The number of nitrogens with zero attached hydrogens (tertiary/aromatic N) is 4. The lowest BCUT2D eigenvalue weighted by Crippen LogP contribution is -2.28. The molecule has 1 saturated heterocycles. The summed E-state index contributed by atoms with van der Waals surface area (Å²) < 4.78 is 0. The number of nitrogens with one attached hydrogen (secondary N) is 3. The Morgan fingerprint density at radius 1 is 1.00 bits per heavy atom. The summed E-state index contributed by atoms with van der Waals surface area (Å²) in [7, 11) is 0. The molecule has 0 spiro atoms. The molecule has 7 heteroatoms. The average Bonchev–Trinajstić information content (AvgIpc) is 2.82. The van der Waals surface area contributed by atoms with Crippen LogP contribution in [0.4, 0.5) is 23.1 Å². The van der Waals surface area contributed by atoms with E-state index in [1.807, 2.05) is 31.2 Å². The van der Waals surface area contributed by atoms with Gasteiger partial charge in [-0.1, -0.05) is 30.3 Å². The minimum absolute atomic E-state index is 0.545. The van der Waals surface area contributed by atoms with Gasteiger partial charge in [-0.15, -0.1) is 0 Å². The highest BCUT2D eigenvalue weighted by atomic mass is 15.2. The van der Waals surface area contributed by atoms with Crippen molar-refractivity contribution >= 4 is 34.0 Å². The lowest BCUT2D eigenvalue weighted by atomic mass is 9.91. The monoisotopic (exact) mass is 425 g/mol. The molecule has 162 valence electrons. The third kappa shape index (κ3) is 4.68. The van der Waals surface area contributed by atoms with Gasteiger partial charge < -0.3 is 16.0 Å². The van der Waals surface area contributed by atoms with Crippen LogP contribution in [0.3, 0.4) is 0 Å². The van der Waals surface area contributed by atoms with Gasteiger partial charge in [0.05, 0.1) is 17.4 Å². The molecule has 3 heterocycles. The normalized spacial score (nSPS) is 14.4. The molecule has 0 amide bonds. The first-order valence-corrected chi connectivity index (χ1v) is 11.1. The fraction of sp³-hybridized carbons (Fsp3) is 0.280. The first kappa shape index (κ1) is 20.3. The Balaban J connectivity index is 1.28. The number of rotatable bonds is 6. The zero-order valence-corrected chi connectivity index (χ0v) is 18.2. The van der Waals surface area contributed by atoms with Crippen LogP contribution < -0.4 is 16.0 Å². The summed E-state index contributed by atoms with van der Waals surface area (Å²) in [6.07, 6.45) is 7.12. The van der Waals surface area contributed by atoms with Gasteiger partial charge in [0.1, 0.15) is 5.82 Å². The molecule has 1 aliphatic rings. The lowest BCUT2D eigenvalue weighted by Gasteiger charge is -2.22. The summed E-state index contributed by atoms with van der Waals surface area (Å²) in [5.74, 6) is 2.02. The highest BCUT2D eigenvalue weighted by molar-refractivity contribution is 5.93. The van der Waals surface area contributed by atoms with E-state index in [0.29, 0.717) is 11.8 Å². The van der Waals surface area contributed by atoms with Crippen LogP contribution in [0.15, 0.2) is 60.9 Å². The Morgan fingerprint density at radius 2 is 1.84 bits per heavy atom. The lowest BCUT2D eigenvalue weighted by molar-refractivity contribution is 0.372. The predicted octanol–water partition coefficient (Wildman–Crippen LogP) is 4.76. The second-order valence-corrected chi connectivity index (χ2v) is 8.34. The summed E-state index contributed by atoms with van der Waals surface area (Å²) in [4.78, 5) is 8.99. The van der Waals surface area contributed by atoms with E-state index in [-0.39, 0.29) is 0 Å².